The van der Waals surface area contributed by atoms with E-state index >= 15 is 0 Å². The molecule has 3 heteroatoms. The molecule has 0 aliphatic carbocycles. The standard InChI is InChI=1S/C13H14NOP/c14-9-10-5-6-13(15-7-8-16)12-4-2-1-3-11(10)12/h1-6,9,14H,7-8,16H2. The second kappa shape index (κ2) is 5.09. The van der Waals surface area contributed by atoms with E-state index in [-0.39, 0.29) is 0 Å². The lowest BCUT2D eigenvalue weighted by Gasteiger charge is -2.09. The number of hydrogen-bond acceptors (Lipinski definition) is 2. The van der Waals surface area contributed by atoms with Crippen molar-refractivity contribution < 1.29 is 4.74 Å². The van der Waals surface area contributed by atoms with E-state index in [0.717, 1.165) is 28.2 Å². The van der Waals surface area contributed by atoms with Gasteiger partial charge in [0.15, 0.2) is 0 Å². The molecule has 82 valence electrons. The summed E-state index contributed by atoms with van der Waals surface area (Å²) in [7, 11) is 2.65. The van der Waals surface area contributed by atoms with Crippen LogP contribution in [0.25, 0.3) is 10.8 Å². The highest BCUT2D eigenvalue weighted by atomic mass is 31.0. The van der Waals surface area contributed by atoms with Crippen molar-refractivity contribution in [3.05, 3.63) is 42.0 Å². The Labute approximate surface area is 97.3 Å². The molecule has 0 amide bonds. The zero-order valence-electron chi connectivity index (χ0n) is 8.94. The minimum Gasteiger partial charge on any atom is -0.493 e. The molecule has 0 bridgehead atoms. The normalized spacial score (nSPS) is 10.3. The molecule has 0 saturated heterocycles. The molecule has 2 rings (SSSR count). The predicted molar refractivity (Wildman–Crippen MR) is 71.9 cm³/mol. The minimum atomic E-state index is 0.693. The van der Waals surface area contributed by atoms with E-state index in [0.29, 0.717) is 6.61 Å². The Balaban J connectivity index is 2.55. The molecule has 2 nitrogen and oxygen atoms in total. The van der Waals surface area contributed by atoms with Gasteiger partial charge < -0.3 is 10.1 Å². The molecule has 0 aliphatic rings. The summed E-state index contributed by atoms with van der Waals surface area (Å²) in [6.07, 6.45) is 2.29. The lowest BCUT2D eigenvalue weighted by atomic mass is 10.0. The van der Waals surface area contributed by atoms with Crippen LogP contribution in [0.2, 0.25) is 0 Å². The van der Waals surface area contributed by atoms with E-state index in [9.17, 15) is 0 Å². The van der Waals surface area contributed by atoms with Crippen molar-refractivity contribution in [2.75, 3.05) is 12.8 Å². The summed E-state index contributed by atoms with van der Waals surface area (Å²) in [6, 6.07) is 11.9. The average Bonchev–Trinajstić information content (AvgIpc) is 2.36. The molecule has 1 unspecified atom stereocenters. The van der Waals surface area contributed by atoms with Gasteiger partial charge in [0.2, 0.25) is 0 Å². The lowest BCUT2D eigenvalue weighted by Crippen LogP contribution is -1.98. The van der Waals surface area contributed by atoms with Crippen molar-refractivity contribution in [2.45, 2.75) is 0 Å². The number of fused-ring (bicyclic) bond motifs is 1. The molecular weight excluding hydrogens is 217 g/mol. The van der Waals surface area contributed by atoms with Crippen LogP contribution in [0.15, 0.2) is 36.4 Å². The topological polar surface area (TPSA) is 33.1 Å². The first-order valence-electron chi connectivity index (χ1n) is 5.22. The maximum Gasteiger partial charge on any atom is 0.127 e. The zero-order chi connectivity index (χ0) is 11.4. The molecule has 0 spiro atoms. The highest BCUT2D eigenvalue weighted by Gasteiger charge is 2.04. The van der Waals surface area contributed by atoms with Crippen LogP contribution in [0.5, 0.6) is 5.75 Å². The molecule has 16 heavy (non-hydrogen) atoms. The molecule has 1 atom stereocenters. The predicted octanol–water partition coefficient (Wildman–Crippen LogP) is 3.09. The molecule has 0 radical (unpaired) electrons. The molecule has 2 aromatic carbocycles. The van der Waals surface area contributed by atoms with E-state index in [2.05, 4.69) is 9.24 Å². The Bertz CT molecular complexity index is 510. The molecule has 0 heterocycles. The largest absolute Gasteiger partial charge is 0.493 e. The summed E-state index contributed by atoms with van der Waals surface area (Å²) < 4.78 is 5.67. The van der Waals surface area contributed by atoms with Gasteiger partial charge in [0, 0.05) is 17.2 Å². The molecule has 2 aromatic rings. The first-order valence-corrected chi connectivity index (χ1v) is 6.03. The van der Waals surface area contributed by atoms with Gasteiger partial charge in [0.25, 0.3) is 0 Å². The van der Waals surface area contributed by atoms with Crippen LogP contribution in [0.4, 0.5) is 0 Å². The van der Waals surface area contributed by atoms with Gasteiger partial charge in [-0.25, -0.2) is 0 Å². The zero-order valence-corrected chi connectivity index (χ0v) is 10.1. The van der Waals surface area contributed by atoms with Crippen LogP contribution in [0.1, 0.15) is 5.56 Å². The van der Waals surface area contributed by atoms with E-state index in [1.807, 2.05) is 36.4 Å². The van der Waals surface area contributed by atoms with Crippen LogP contribution in [-0.2, 0) is 0 Å². The Morgan fingerprint density at radius 3 is 2.56 bits per heavy atom. The minimum absolute atomic E-state index is 0.693. The Kier molecular flexibility index (Phi) is 3.53. The smallest absolute Gasteiger partial charge is 0.127 e. The van der Waals surface area contributed by atoms with E-state index < -0.39 is 0 Å². The first kappa shape index (κ1) is 11.1. The summed E-state index contributed by atoms with van der Waals surface area (Å²) in [4.78, 5) is 0. The van der Waals surface area contributed by atoms with Crippen LogP contribution in [-0.4, -0.2) is 19.0 Å². The summed E-state index contributed by atoms with van der Waals surface area (Å²) in [5.41, 5.74) is 0.925. The average molecular weight is 231 g/mol. The van der Waals surface area contributed by atoms with Crippen molar-refractivity contribution >= 4 is 26.2 Å². The number of benzene rings is 2. The summed E-state index contributed by atoms with van der Waals surface area (Å²) >= 11 is 0. The van der Waals surface area contributed by atoms with Crippen molar-refractivity contribution in [1.29, 1.82) is 5.41 Å². The maximum atomic E-state index is 7.37. The van der Waals surface area contributed by atoms with Gasteiger partial charge in [-0.1, -0.05) is 24.3 Å². The van der Waals surface area contributed by atoms with Gasteiger partial charge in [-0.05, 0) is 23.7 Å². The molecule has 0 aromatic heterocycles. The maximum absolute atomic E-state index is 7.37. The van der Waals surface area contributed by atoms with Gasteiger partial charge in [0.1, 0.15) is 5.75 Å². The van der Waals surface area contributed by atoms with Gasteiger partial charge in [-0.2, -0.15) is 0 Å². The number of hydrogen-bond donors (Lipinski definition) is 1. The van der Waals surface area contributed by atoms with Crippen LogP contribution >= 0.6 is 9.24 Å². The fourth-order valence-electron chi connectivity index (χ4n) is 1.72. The van der Waals surface area contributed by atoms with Crippen molar-refractivity contribution in [3.63, 3.8) is 0 Å². The molecule has 0 aliphatic heterocycles. The SMILES string of the molecule is N=Cc1ccc(OCCP)c2ccccc12. The van der Waals surface area contributed by atoms with Crippen LogP contribution in [0.3, 0.4) is 0 Å². The van der Waals surface area contributed by atoms with Crippen LogP contribution < -0.4 is 4.74 Å². The number of nitrogens with one attached hydrogen (secondary N) is 1. The fourth-order valence-corrected chi connectivity index (χ4v) is 1.83. The monoisotopic (exact) mass is 231 g/mol. The van der Waals surface area contributed by atoms with E-state index in [1.54, 1.807) is 0 Å². The van der Waals surface area contributed by atoms with E-state index in [1.165, 1.54) is 6.21 Å². The second-order valence-corrected chi connectivity index (χ2v) is 4.06. The van der Waals surface area contributed by atoms with Crippen molar-refractivity contribution in [2.24, 2.45) is 0 Å². The first-order chi connectivity index (χ1) is 7.86. The van der Waals surface area contributed by atoms with Gasteiger partial charge in [-0.3, -0.25) is 0 Å². The van der Waals surface area contributed by atoms with Crippen molar-refractivity contribution in [3.8, 4) is 5.75 Å². The van der Waals surface area contributed by atoms with E-state index in [4.69, 9.17) is 10.1 Å². The Morgan fingerprint density at radius 1 is 1.12 bits per heavy atom. The van der Waals surface area contributed by atoms with Gasteiger partial charge >= 0.3 is 0 Å². The summed E-state index contributed by atoms with van der Waals surface area (Å²) in [6.45, 7) is 0.693. The number of rotatable bonds is 4. The summed E-state index contributed by atoms with van der Waals surface area (Å²) in [5, 5.41) is 9.50. The lowest BCUT2D eigenvalue weighted by molar-refractivity contribution is 0.348. The summed E-state index contributed by atoms with van der Waals surface area (Å²) in [5.74, 6) is 0.892. The van der Waals surface area contributed by atoms with Crippen LogP contribution in [0, 0.1) is 5.41 Å². The molecular formula is C13H14NOP. The third kappa shape index (κ3) is 2.07. The fraction of sp³-hybridized carbons (Fsp3) is 0.154. The Hall–Kier alpha value is -1.40. The van der Waals surface area contributed by atoms with Gasteiger partial charge in [0.05, 0.1) is 6.61 Å². The molecule has 0 saturated carbocycles. The number of ether oxygens (including phenoxy) is 1. The molecule has 1 N–H and O–H groups in total. The highest BCUT2D eigenvalue weighted by molar-refractivity contribution is 7.16. The third-order valence-electron chi connectivity index (χ3n) is 2.45. The van der Waals surface area contributed by atoms with Crippen molar-refractivity contribution in [1.82, 2.24) is 0 Å². The second-order valence-electron chi connectivity index (χ2n) is 3.48. The Morgan fingerprint density at radius 2 is 1.88 bits per heavy atom. The third-order valence-corrected chi connectivity index (χ3v) is 2.68. The quantitative estimate of drug-likeness (QED) is 0.636. The van der Waals surface area contributed by atoms with Gasteiger partial charge in [-0.15, -0.1) is 9.24 Å². The molecule has 0 fully saturated rings. The highest BCUT2D eigenvalue weighted by Crippen LogP contribution is 2.27.